The minimum Gasteiger partial charge on any atom is -0.325 e. The Kier molecular flexibility index (Phi) is 6.48. The standard InChI is InChI=1S/C19H20N4O2S3/c1-10-5-12(3)16(13(4)6-10)20-15(24)9-27-19-23-22-18(28-19)21-17(25)14-7-11(2)8-26-14/h5-8H,9H2,1-4H3,(H,20,24)(H,21,22,25). The summed E-state index contributed by atoms with van der Waals surface area (Å²) in [5.41, 5.74) is 5.16. The van der Waals surface area contributed by atoms with Gasteiger partial charge in [-0.2, -0.15) is 0 Å². The van der Waals surface area contributed by atoms with Gasteiger partial charge in [-0.3, -0.25) is 14.9 Å². The first-order chi connectivity index (χ1) is 13.3. The molecule has 2 N–H and O–H groups in total. The fraction of sp³-hybridized carbons (Fsp3) is 0.263. The molecule has 0 aliphatic rings. The molecule has 9 heteroatoms. The molecule has 28 heavy (non-hydrogen) atoms. The van der Waals surface area contributed by atoms with Crippen molar-refractivity contribution in [1.29, 1.82) is 0 Å². The summed E-state index contributed by atoms with van der Waals surface area (Å²) in [6.07, 6.45) is 0. The predicted molar refractivity (Wildman–Crippen MR) is 117 cm³/mol. The van der Waals surface area contributed by atoms with Crippen LogP contribution in [0.15, 0.2) is 27.9 Å². The fourth-order valence-corrected chi connectivity index (χ4v) is 5.05. The maximum absolute atomic E-state index is 12.3. The SMILES string of the molecule is Cc1csc(C(=O)Nc2nnc(SCC(=O)Nc3c(C)cc(C)cc3C)s2)c1. The molecule has 2 heterocycles. The van der Waals surface area contributed by atoms with Crippen molar-refractivity contribution < 1.29 is 9.59 Å². The quantitative estimate of drug-likeness (QED) is 0.431. The number of aromatic nitrogens is 2. The lowest BCUT2D eigenvalue weighted by molar-refractivity contribution is -0.113. The van der Waals surface area contributed by atoms with Crippen LogP contribution in [-0.2, 0) is 4.79 Å². The molecule has 3 aromatic rings. The van der Waals surface area contributed by atoms with E-state index >= 15 is 0 Å². The highest BCUT2D eigenvalue weighted by Gasteiger charge is 2.14. The molecule has 0 aliphatic heterocycles. The van der Waals surface area contributed by atoms with E-state index in [2.05, 4.69) is 20.8 Å². The average Bonchev–Trinajstić information content (AvgIpc) is 3.25. The summed E-state index contributed by atoms with van der Waals surface area (Å²) in [5, 5.41) is 16.1. The third-order valence-electron chi connectivity index (χ3n) is 3.85. The molecule has 0 saturated carbocycles. The summed E-state index contributed by atoms with van der Waals surface area (Å²) in [6.45, 7) is 7.94. The first-order valence-electron chi connectivity index (χ1n) is 8.52. The number of carbonyl (C=O) groups excluding carboxylic acids is 2. The van der Waals surface area contributed by atoms with Crippen molar-refractivity contribution in [3.05, 3.63) is 50.7 Å². The van der Waals surface area contributed by atoms with Crippen molar-refractivity contribution in [3.8, 4) is 0 Å². The first kappa shape index (κ1) is 20.5. The molecule has 6 nitrogen and oxygen atoms in total. The normalized spacial score (nSPS) is 10.7. The van der Waals surface area contributed by atoms with Gasteiger partial charge in [-0.05, 0) is 55.8 Å². The number of amides is 2. The lowest BCUT2D eigenvalue weighted by atomic mass is 10.1. The van der Waals surface area contributed by atoms with Crippen molar-refractivity contribution >= 4 is 57.1 Å². The Morgan fingerprint density at radius 2 is 1.71 bits per heavy atom. The van der Waals surface area contributed by atoms with E-state index in [-0.39, 0.29) is 17.6 Å². The number of hydrogen-bond donors (Lipinski definition) is 2. The van der Waals surface area contributed by atoms with Gasteiger partial charge in [-0.1, -0.05) is 40.8 Å². The number of thiophene rings is 1. The van der Waals surface area contributed by atoms with Crippen molar-refractivity contribution in [2.75, 3.05) is 16.4 Å². The molecule has 2 amide bonds. The molecule has 1 aromatic carbocycles. The van der Waals surface area contributed by atoms with Crippen molar-refractivity contribution in [2.24, 2.45) is 0 Å². The number of aryl methyl sites for hydroxylation is 4. The molecule has 0 saturated heterocycles. The van der Waals surface area contributed by atoms with Crippen LogP contribution in [0.3, 0.4) is 0 Å². The van der Waals surface area contributed by atoms with Gasteiger partial charge in [0.15, 0.2) is 4.34 Å². The van der Waals surface area contributed by atoms with Crippen LogP contribution >= 0.6 is 34.4 Å². The highest BCUT2D eigenvalue weighted by atomic mass is 32.2. The van der Waals surface area contributed by atoms with Gasteiger partial charge in [-0.15, -0.1) is 21.5 Å². The van der Waals surface area contributed by atoms with E-state index in [1.807, 2.05) is 51.3 Å². The molecule has 2 aromatic heterocycles. The molecular formula is C19H20N4O2S3. The Balaban J connectivity index is 1.54. The second kappa shape index (κ2) is 8.85. The van der Waals surface area contributed by atoms with E-state index < -0.39 is 0 Å². The van der Waals surface area contributed by atoms with Crippen LogP contribution in [0.1, 0.15) is 31.9 Å². The van der Waals surface area contributed by atoms with Gasteiger partial charge in [0.2, 0.25) is 11.0 Å². The minimum absolute atomic E-state index is 0.102. The van der Waals surface area contributed by atoms with Gasteiger partial charge >= 0.3 is 0 Å². The van der Waals surface area contributed by atoms with Gasteiger partial charge in [0, 0.05) is 5.69 Å². The predicted octanol–water partition coefficient (Wildman–Crippen LogP) is 4.82. The second-order valence-electron chi connectivity index (χ2n) is 6.43. The Morgan fingerprint density at radius 3 is 2.36 bits per heavy atom. The summed E-state index contributed by atoms with van der Waals surface area (Å²) in [6, 6.07) is 5.92. The van der Waals surface area contributed by atoms with Crippen LogP contribution in [0.25, 0.3) is 0 Å². The number of benzene rings is 1. The van der Waals surface area contributed by atoms with Crippen LogP contribution in [0, 0.1) is 27.7 Å². The fourth-order valence-electron chi connectivity index (χ4n) is 2.71. The number of carbonyl (C=O) groups is 2. The van der Waals surface area contributed by atoms with Gasteiger partial charge in [0.25, 0.3) is 5.91 Å². The Bertz CT molecular complexity index is 1000. The zero-order chi connectivity index (χ0) is 20.3. The highest BCUT2D eigenvalue weighted by Crippen LogP contribution is 2.27. The number of rotatable bonds is 6. The molecule has 3 rings (SSSR count). The van der Waals surface area contributed by atoms with Crippen molar-refractivity contribution in [1.82, 2.24) is 10.2 Å². The maximum atomic E-state index is 12.3. The largest absolute Gasteiger partial charge is 0.325 e. The molecule has 0 unspecified atom stereocenters. The minimum atomic E-state index is -0.200. The Labute approximate surface area is 175 Å². The molecule has 0 aliphatic carbocycles. The lowest BCUT2D eigenvalue weighted by Gasteiger charge is -2.12. The van der Waals surface area contributed by atoms with E-state index in [4.69, 9.17) is 0 Å². The summed E-state index contributed by atoms with van der Waals surface area (Å²) >= 11 is 3.94. The molecule has 0 fully saturated rings. The zero-order valence-electron chi connectivity index (χ0n) is 16.0. The smallest absolute Gasteiger partial charge is 0.267 e. The molecule has 0 atom stereocenters. The van der Waals surface area contributed by atoms with E-state index in [1.54, 1.807) is 0 Å². The van der Waals surface area contributed by atoms with Gasteiger partial charge in [0.1, 0.15) is 0 Å². The number of nitrogens with zero attached hydrogens (tertiary/aromatic N) is 2. The Morgan fingerprint density at radius 1 is 1.00 bits per heavy atom. The summed E-state index contributed by atoms with van der Waals surface area (Å²) in [7, 11) is 0. The topological polar surface area (TPSA) is 84.0 Å². The monoisotopic (exact) mass is 432 g/mol. The molecular weight excluding hydrogens is 412 g/mol. The zero-order valence-corrected chi connectivity index (χ0v) is 18.4. The van der Waals surface area contributed by atoms with Crippen LogP contribution in [0.4, 0.5) is 10.8 Å². The van der Waals surface area contributed by atoms with Gasteiger partial charge < -0.3 is 5.32 Å². The second-order valence-corrected chi connectivity index (χ2v) is 9.54. The molecule has 146 valence electrons. The average molecular weight is 433 g/mol. The van der Waals surface area contributed by atoms with Gasteiger partial charge in [-0.25, -0.2) is 0 Å². The first-order valence-corrected chi connectivity index (χ1v) is 11.2. The summed E-state index contributed by atoms with van der Waals surface area (Å²) < 4.78 is 0.630. The van der Waals surface area contributed by atoms with Crippen LogP contribution < -0.4 is 10.6 Å². The lowest BCUT2D eigenvalue weighted by Crippen LogP contribution is -2.15. The summed E-state index contributed by atoms with van der Waals surface area (Å²) in [5.74, 6) is -0.0804. The van der Waals surface area contributed by atoms with Gasteiger partial charge in [0.05, 0.1) is 10.6 Å². The van der Waals surface area contributed by atoms with Crippen LogP contribution in [-0.4, -0.2) is 27.8 Å². The van der Waals surface area contributed by atoms with Crippen LogP contribution in [0.5, 0.6) is 0 Å². The van der Waals surface area contributed by atoms with E-state index in [0.717, 1.165) is 22.4 Å². The molecule has 0 bridgehead atoms. The number of nitrogens with one attached hydrogen (secondary N) is 2. The summed E-state index contributed by atoms with van der Waals surface area (Å²) in [4.78, 5) is 25.1. The Hall–Kier alpha value is -2.23. The molecule has 0 radical (unpaired) electrons. The number of thioether (sulfide) groups is 1. The van der Waals surface area contributed by atoms with Crippen LogP contribution in [0.2, 0.25) is 0 Å². The van der Waals surface area contributed by atoms with E-state index in [0.29, 0.717) is 14.3 Å². The third-order valence-corrected chi connectivity index (χ3v) is 6.87. The van der Waals surface area contributed by atoms with Crippen molar-refractivity contribution in [3.63, 3.8) is 0 Å². The maximum Gasteiger partial charge on any atom is 0.267 e. The number of hydrogen-bond acceptors (Lipinski definition) is 7. The van der Waals surface area contributed by atoms with E-state index in [9.17, 15) is 9.59 Å². The third kappa shape index (κ3) is 5.18. The molecule has 0 spiro atoms. The van der Waals surface area contributed by atoms with Crippen molar-refractivity contribution in [2.45, 2.75) is 32.0 Å². The van der Waals surface area contributed by atoms with E-state index in [1.165, 1.54) is 40.0 Å². The highest BCUT2D eigenvalue weighted by molar-refractivity contribution is 8.01. The number of anilines is 2.